The summed E-state index contributed by atoms with van der Waals surface area (Å²) in [4.78, 5) is 5.11. The van der Waals surface area contributed by atoms with Crippen molar-refractivity contribution >= 4 is 49.7 Å². The fraction of sp³-hybridized carbons (Fsp3) is 0.0755. The van der Waals surface area contributed by atoms with E-state index in [4.69, 9.17) is 13.8 Å². The van der Waals surface area contributed by atoms with Crippen molar-refractivity contribution in [3.05, 3.63) is 215 Å². The fourth-order valence-electron chi connectivity index (χ4n) is 9.45. The van der Waals surface area contributed by atoms with Gasteiger partial charge in [-0.05, 0) is 57.5 Å². The minimum atomic E-state index is -0.244. The third-order valence-electron chi connectivity index (χ3n) is 12.2. The van der Waals surface area contributed by atoms with Gasteiger partial charge in [0.2, 0.25) is 0 Å². The summed E-state index contributed by atoms with van der Waals surface area (Å²) < 4.78 is 13.7. The van der Waals surface area contributed by atoms with Crippen molar-refractivity contribution in [3.8, 4) is 22.3 Å². The summed E-state index contributed by atoms with van der Waals surface area (Å²) in [5, 5.41) is 11.9. The number of rotatable bonds is 6. The lowest BCUT2D eigenvalue weighted by atomic mass is 9.89. The molecule has 58 heavy (non-hydrogen) atoms. The van der Waals surface area contributed by atoms with Crippen molar-refractivity contribution < 1.29 is 8.83 Å². The van der Waals surface area contributed by atoms with E-state index in [1.165, 1.54) is 27.8 Å². The first-order valence-corrected chi connectivity index (χ1v) is 20.0. The molecule has 2 aromatic heterocycles. The quantitative estimate of drug-likeness (QED) is 0.178. The molecule has 10 aromatic rings. The molecule has 2 atom stereocenters. The second-order valence-corrected chi connectivity index (χ2v) is 15.4. The Hall–Kier alpha value is -7.21. The standard InChI is InChI=1S/C53H37N3O2/c1-3-14-32(15-4-1)51-54-52(33-16-5-2-6-17-33)56-53(55-51)44-27-13-26-43-46-30-34(28-29-47(46)57-50(43)44)36-23-12-25-42-41-24-11-18-35(48(41)58-49(36)42)31-45-39-21-9-7-19-37(39)38-20-8-10-22-40(38)45/h1-30,45,51,53,55H,31H2,(H,54,56). The first-order chi connectivity index (χ1) is 28.7. The molecule has 5 heteroatoms. The highest BCUT2D eigenvalue weighted by molar-refractivity contribution is 6.12. The summed E-state index contributed by atoms with van der Waals surface area (Å²) in [6.07, 6.45) is 0.389. The van der Waals surface area contributed by atoms with Gasteiger partial charge >= 0.3 is 0 Å². The number of hydrogen-bond acceptors (Lipinski definition) is 5. The minimum Gasteiger partial charge on any atom is -0.456 e. The topological polar surface area (TPSA) is 62.7 Å². The van der Waals surface area contributed by atoms with Crippen LogP contribution >= 0.6 is 0 Å². The molecule has 276 valence electrons. The van der Waals surface area contributed by atoms with Crippen LogP contribution in [0, 0.1) is 0 Å². The Balaban J connectivity index is 0.935. The molecule has 8 aromatic carbocycles. The van der Waals surface area contributed by atoms with E-state index in [9.17, 15) is 0 Å². The molecule has 0 bridgehead atoms. The van der Waals surface area contributed by atoms with Crippen molar-refractivity contribution in [1.29, 1.82) is 0 Å². The molecule has 0 spiro atoms. The highest BCUT2D eigenvalue weighted by Gasteiger charge is 2.30. The zero-order valence-corrected chi connectivity index (χ0v) is 31.5. The Morgan fingerprint density at radius 2 is 1.09 bits per heavy atom. The van der Waals surface area contributed by atoms with Gasteiger partial charge in [-0.25, -0.2) is 4.99 Å². The van der Waals surface area contributed by atoms with Gasteiger partial charge in [0.25, 0.3) is 0 Å². The van der Waals surface area contributed by atoms with E-state index in [1.807, 2.05) is 24.3 Å². The van der Waals surface area contributed by atoms with E-state index in [0.29, 0.717) is 0 Å². The van der Waals surface area contributed by atoms with Gasteiger partial charge in [-0.2, -0.15) is 0 Å². The third kappa shape index (κ3) is 5.24. The van der Waals surface area contributed by atoms with Gasteiger partial charge in [0.15, 0.2) is 0 Å². The Labute approximate surface area is 335 Å². The van der Waals surface area contributed by atoms with Crippen molar-refractivity contribution in [2.45, 2.75) is 24.7 Å². The maximum absolute atomic E-state index is 6.98. The number of aliphatic imine (C=N–C) groups is 1. The van der Waals surface area contributed by atoms with Crippen LogP contribution in [0.1, 0.15) is 51.6 Å². The van der Waals surface area contributed by atoms with Crippen LogP contribution in [0.2, 0.25) is 0 Å². The van der Waals surface area contributed by atoms with Crippen LogP contribution in [0.3, 0.4) is 0 Å². The number of furan rings is 2. The molecule has 1 aliphatic carbocycles. The van der Waals surface area contributed by atoms with Crippen LogP contribution in [0.25, 0.3) is 66.1 Å². The van der Waals surface area contributed by atoms with Crippen LogP contribution in [0.15, 0.2) is 196 Å². The molecule has 0 amide bonds. The Bertz CT molecular complexity index is 3190. The molecule has 2 aliphatic rings. The fourth-order valence-corrected chi connectivity index (χ4v) is 9.45. The molecule has 2 N–H and O–H groups in total. The molecular formula is C53H37N3O2. The Kier molecular flexibility index (Phi) is 7.50. The molecule has 3 heterocycles. The lowest BCUT2D eigenvalue weighted by Gasteiger charge is -2.32. The largest absolute Gasteiger partial charge is 0.456 e. The normalized spacial score (nSPS) is 16.4. The predicted octanol–water partition coefficient (Wildman–Crippen LogP) is 12.8. The summed E-state index contributed by atoms with van der Waals surface area (Å²) in [7, 11) is 0. The van der Waals surface area contributed by atoms with Crippen LogP contribution in [-0.4, -0.2) is 5.84 Å². The second-order valence-electron chi connectivity index (χ2n) is 15.4. The smallest absolute Gasteiger partial charge is 0.143 e. The van der Waals surface area contributed by atoms with E-state index in [-0.39, 0.29) is 18.2 Å². The first-order valence-electron chi connectivity index (χ1n) is 20.0. The van der Waals surface area contributed by atoms with Crippen molar-refractivity contribution in [1.82, 2.24) is 10.6 Å². The Morgan fingerprint density at radius 1 is 0.466 bits per heavy atom. The van der Waals surface area contributed by atoms with Crippen LogP contribution in [-0.2, 0) is 6.42 Å². The number of fused-ring (bicyclic) bond motifs is 9. The van der Waals surface area contributed by atoms with Crippen LogP contribution < -0.4 is 10.6 Å². The zero-order valence-electron chi connectivity index (χ0n) is 31.5. The van der Waals surface area contributed by atoms with Gasteiger partial charge in [-0.15, -0.1) is 0 Å². The van der Waals surface area contributed by atoms with Crippen LogP contribution in [0.4, 0.5) is 0 Å². The van der Waals surface area contributed by atoms with E-state index in [2.05, 4.69) is 168 Å². The second kappa shape index (κ2) is 13.2. The van der Waals surface area contributed by atoms with Gasteiger partial charge in [0.05, 0.1) is 0 Å². The average molecular weight is 748 g/mol. The van der Waals surface area contributed by atoms with Crippen LogP contribution in [0.5, 0.6) is 0 Å². The summed E-state index contributed by atoms with van der Waals surface area (Å²) in [5.74, 6) is 1.11. The Morgan fingerprint density at radius 3 is 1.86 bits per heavy atom. The third-order valence-corrected chi connectivity index (χ3v) is 12.2. The molecule has 0 saturated heterocycles. The van der Waals surface area contributed by atoms with Gasteiger partial charge < -0.3 is 14.2 Å². The van der Waals surface area contributed by atoms with Gasteiger partial charge in [0.1, 0.15) is 40.5 Å². The highest BCUT2D eigenvalue weighted by Crippen LogP contribution is 2.47. The number of amidine groups is 1. The average Bonchev–Trinajstić information content (AvgIpc) is 3.97. The number of nitrogens with one attached hydrogen (secondary N) is 2. The molecular weight excluding hydrogens is 711 g/mol. The first kappa shape index (κ1) is 33.0. The van der Waals surface area contributed by atoms with E-state index >= 15 is 0 Å². The van der Waals surface area contributed by atoms with Gasteiger partial charge in [-0.3, -0.25) is 5.32 Å². The molecule has 1 aliphatic heterocycles. The van der Waals surface area contributed by atoms with E-state index in [0.717, 1.165) is 84.0 Å². The number of para-hydroxylation sites is 3. The van der Waals surface area contributed by atoms with Gasteiger partial charge in [0, 0.05) is 44.2 Å². The van der Waals surface area contributed by atoms with Crippen molar-refractivity contribution in [2.24, 2.45) is 4.99 Å². The van der Waals surface area contributed by atoms with E-state index in [1.54, 1.807) is 0 Å². The number of nitrogens with zero attached hydrogens (tertiary/aromatic N) is 1. The molecule has 0 radical (unpaired) electrons. The highest BCUT2D eigenvalue weighted by atomic mass is 16.3. The molecule has 2 unspecified atom stereocenters. The summed E-state index contributed by atoms with van der Waals surface area (Å²) >= 11 is 0. The summed E-state index contributed by atoms with van der Waals surface area (Å²) in [5.41, 5.74) is 15.5. The van der Waals surface area contributed by atoms with Crippen molar-refractivity contribution in [3.63, 3.8) is 0 Å². The summed E-state index contributed by atoms with van der Waals surface area (Å²) in [6.45, 7) is 0. The maximum atomic E-state index is 6.98. The summed E-state index contributed by atoms with van der Waals surface area (Å²) in [6, 6.07) is 64.4. The van der Waals surface area contributed by atoms with Gasteiger partial charge in [-0.1, -0.05) is 170 Å². The monoisotopic (exact) mass is 747 g/mol. The number of benzene rings is 8. The SMILES string of the molecule is c1ccc(C2=NC(c3ccccc3)NC(c3cccc4c3oc3ccc(-c5cccc6c5oc5c(CC7c8ccccc8-c8ccccc87)cccc56)cc34)N2)cc1. The lowest BCUT2D eigenvalue weighted by molar-refractivity contribution is 0.408. The molecule has 0 saturated carbocycles. The molecule has 12 rings (SSSR count). The molecule has 5 nitrogen and oxygen atoms in total. The zero-order chi connectivity index (χ0) is 38.2. The predicted molar refractivity (Wildman–Crippen MR) is 235 cm³/mol. The maximum Gasteiger partial charge on any atom is 0.143 e. The van der Waals surface area contributed by atoms with E-state index < -0.39 is 0 Å². The minimum absolute atomic E-state index is 0.233. The van der Waals surface area contributed by atoms with Crippen molar-refractivity contribution in [2.75, 3.05) is 0 Å². The molecule has 0 fully saturated rings. The lowest BCUT2D eigenvalue weighted by Crippen LogP contribution is -2.45. The number of hydrogen-bond donors (Lipinski definition) is 2.